The van der Waals surface area contributed by atoms with Gasteiger partial charge in [-0.15, -0.1) is 0 Å². The van der Waals surface area contributed by atoms with Crippen molar-refractivity contribution < 1.29 is 9.53 Å². The predicted octanol–water partition coefficient (Wildman–Crippen LogP) is 4.68. The van der Waals surface area contributed by atoms with Gasteiger partial charge in [-0.1, -0.05) is 45.5 Å². The van der Waals surface area contributed by atoms with Gasteiger partial charge in [-0.05, 0) is 48.4 Å². The van der Waals surface area contributed by atoms with E-state index in [9.17, 15) is 4.79 Å². The zero-order valence-electron chi connectivity index (χ0n) is 14.9. The third kappa shape index (κ3) is 2.68. The van der Waals surface area contributed by atoms with Crippen LogP contribution in [0.4, 0.5) is 10.5 Å². The van der Waals surface area contributed by atoms with E-state index in [1.54, 1.807) is 6.20 Å². The fourth-order valence-corrected chi connectivity index (χ4v) is 4.57. The minimum atomic E-state index is -0.321. The van der Waals surface area contributed by atoms with E-state index in [-0.39, 0.29) is 23.0 Å². The number of amides is 1. The number of hydrogen-bond acceptors (Lipinski definition) is 3. The third-order valence-corrected chi connectivity index (χ3v) is 6.66. The van der Waals surface area contributed by atoms with Gasteiger partial charge >= 0.3 is 6.09 Å². The van der Waals surface area contributed by atoms with Crippen LogP contribution in [-0.4, -0.2) is 12.2 Å². The monoisotopic (exact) mass is 328 g/mol. The number of alkyl carbamates (subject to hydrolysis) is 1. The maximum atomic E-state index is 12.3. The lowest BCUT2D eigenvalue weighted by Gasteiger charge is -2.38. The Labute approximate surface area is 144 Å². The van der Waals surface area contributed by atoms with Crippen molar-refractivity contribution in [2.24, 2.45) is 16.7 Å². The predicted molar refractivity (Wildman–Crippen MR) is 96.6 cm³/mol. The Balaban J connectivity index is 1.59. The Morgan fingerprint density at radius 3 is 2.75 bits per heavy atom. The van der Waals surface area contributed by atoms with E-state index in [2.05, 4.69) is 38.0 Å². The Morgan fingerprint density at radius 2 is 2.12 bits per heavy atom. The van der Waals surface area contributed by atoms with Gasteiger partial charge in [0.1, 0.15) is 6.10 Å². The summed E-state index contributed by atoms with van der Waals surface area (Å²) in [4.78, 5) is 12.3. The van der Waals surface area contributed by atoms with Crippen molar-refractivity contribution in [3.8, 4) is 0 Å². The van der Waals surface area contributed by atoms with Crippen LogP contribution in [0.25, 0.3) is 0 Å². The molecule has 0 saturated heterocycles. The summed E-state index contributed by atoms with van der Waals surface area (Å²) in [5.41, 5.74) is 2.30. The number of carbonyl (C=O) groups is 1. The number of para-hydroxylation sites is 1. The smallest absolute Gasteiger partial charge is 0.407 e. The molecule has 1 aromatic rings. The molecule has 2 saturated carbocycles. The first-order valence-corrected chi connectivity index (χ1v) is 8.78. The number of fused-ring (bicyclic) bond motifs is 2. The maximum absolute atomic E-state index is 12.3. The molecule has 0 aromatic heterocycles. The second-order valence-corrected chi connectivity index (χ2v) is 7.86. The number of benzene rings is 1. The molecule has 3 unspecified atom stereocenters. The lowest BCUT2D eigenvalue weighted by atomic mass is 9.70. The van der Waals surface area contributed by atoms with Crippen molar-refractivity contribution in [1.29, 1.82) is 0 Å². The van der Waals surface area contributed by atoms with E-state index in [1.807, 2.05) is 24.3 Å². The van der Waals surface area contributed by atoms with E-state index >= 15 is 0 Å². The topological polar surface area (TPSA) is 50.4 Å². The summed E-state index contributed by atoms with van der Waals surface area (Å²) >= 11 is 0. The SMILES string of the molecule is C=CNc1ccccc1CNC(=O)OC1CC2CCC1(C)C2(C)C. The molecule has 1 aromatic carbocycles. The molecule has 4 nitrogen and oxygen atoms in total. The Bertz CT molecular complexity index is 640. The lowest BCUT2D eigenvalue weighted by Crippen LogP contribution is -2.40. The second-order valence-electron chi connectivity index (χ2n) is 7.86. The first-order valence-electron chi connectivity index (χ1n) is 8.78. The average Bonchev–Trinajstić information content (AvgIpc) is 2.88. The van der Waals surface area contributed by atoms with Crippen LogP contribution in [-0.2, 0) is 11.3 Å². The summed E-state index contributed by atoms with van der Waals surface area (Å²) in [6, 6.07) is 7.85. The summed E-state index contributed by atoms with van der Waals surface area (Å²) in [7, 11) is 0. The molecule has 4 heteroatoms. The van der Waals surface area contributed by atoms with E-state index in [1.165, 1.54) is 6.42 Å². The zero-order valence-corrected chi connectivity index (χ0v) is 14.9. The molecule has 24 heavy (non-hydrogen) atoms. The van der Waals surface area contributed by atoms with Crippen LogP contribution in [0.1, 0.15) is 45.6 Å². The van der Waals surface area contributed by atoms with Crippen molar-refractivity contribution in [3.05, 3.63) is 42.6 Å². The Kier molecular flexibility index (Phi) is 4.33. The van der Waals surface area contributed by atoms with Gasteiger partial charge in [-0.25, -0.2) is 4.79 Å². The van der Waals surface area contributed by atoms with E-state index < -0.39 is 0 Å². The van der Waals surface area contributed by atoms with Crippen molar-refractivity contribution >= 4 is 11.8 Å². The molecule has 130 valence electrons. The molecule has 3 rings (SSSR count). The minimum Gasteiger partial charge on any atom is -0.446 e. The number of carbonyl (C=O) groups excluding carboxylic acids is 1. The molecule has 2 fully saturated rings. The molecule has 2 aliphatic rings. The number of ether oxygens (including phenoxy) is 1. The molecule has 2 N–H and O–H groups in total. The summed E-state index contributed by atoms with van der Waals surface area (Å²) in [6.45, 7) is 11.0. The quantitative estimate of drug-likeness (QED) is 0.825. The molecule has 0 spiro atoms. The molecule has 0 heterocycles. The van der Waals surface area contributed by atoms with Crippen LogP contribution in [0.3, 0.4) is 0 Å². The highest BCUT2D eigenvalue weighted by Crippen LogP contribution is 2.66. The van der Waals surface area contributed by atoms with Crippen molar-refractivity contribution in [2.45, 2.75) is 52.7 Å². The van der Waals surface area contributed by atoms with Crippen molar-refractivity contribution in [1.82, 2.24) is 5.32 Å². The fourth-order valence-electron chi connectivity index (χ4n) is 4.57. The normalized spacial score (nSPS) is 30.0. The van der Waals surface area contributed by atoms with Gasteiger partial charge in [0.25, 0.3) is 0 Å². The highest BCUT2D eigenvalue weighted by atomic mass is 16.6. The van der Waals surface area contributed by atoms with Crippen molar-refractivity contribution in [3.63, 3.8) is 0 Å². The standard InChI is InChI=1S/C20H28N2O2/c1-5-21-16-9-7-6-8-14(16)13-22-18(23)24-17-12-15-10-11-20(17,4)19(15,2)3/h5-9,15,17,21H,1,10-13H2,2-4H3,(H,22,23). The molecule has 0 radical (unpaired) electrons. The average molecular weight is 328 g/mol. The van der Waals surface area contributed by atoms with Crippen molar-refractivity contribution in [2.75, 3.05) is 5.32 Å². The molecular weight excluding hydrogens is 300 g/mol. The van der Waals surface area contributed by atoms with Gasteiger partial charge in [0.2, 0.25) is 0 Å². The van der Waals surface area contributed by atoms with Crippen LogP contribution < -0.4 is 10.6 Å². The van der Waals surface area contributed by atoms with Gasteiger partial charge in [0, 0.05) is 17.6 Å². The summed E-state index contributed by atoms with van der Waals surface area (Å²) in [5, 5.41) is 5.98. The van der Waals surface area contributed by atoms with E-state index in [0.29, 0.717) is 12.5 Å². The van der Waals surface area contributed by atoms with Gasteiger partial charge in [-0.2, -0.15) is 0 Å². The summed E-state index contributed by atoms with van der Waals surface area (Å²) in [5.74, 6) is 0.665. The summed E-state index contributed by atoms with van der Waals surface area (Å²) in [6.07, 6.45) is 4.73. The van der Waals surface area contributed by atoms with Crippen LogP contribution in [0, 0.1) is 16.7 Å². The van der Waals surface area contributed by atoms with Gasteiger partial charge in [-0.3, -0.25) is 0 Å². The Hall–Kier alpha value is -1.97. The lowest BCUT2D eigenvalue weighted by molar-refractivity contribution is -0.00434. The second kappa shape index (κ2) is 6.15. The molecule has 2 aliphatic carbocycles. The molecule has 0 aliphatic heterocycles. The van der Waals surface area contributed by atoms with Crippen LogP contribution in [0.15, 0.2) is 37.0 Å². The number of anilines is 1. The molecule has 1 amide bonds. The minimum absolute atomic E-state index is 0.0211. The number of nitrogens with one attached hydrogen (secondary N) is 2. The largest absolute Gasteiger partial charge is 0.446 e. The van der Waals surface area contributed by atoms with E-state index in [0.717, 1.165) is 24.1 Å². The first kappa shape index (κ1) is 16.9. The van der Waals surface area contributed by atoms with Crippen LogP contribution in [0.5, 0.6) is 0 Å². The van der Waals surface area contributed by atoms with Gasteiger partial charge < -0.3 is 15.4 Å². The first-order chi connectivity index (χ1) is 11.4. The Morgan fingerprint density at radius 1 is 1.38 bits per heavy atom. The molecule has 3 atom stereocenters. The van der Waals surface area contributed by atoms with Crippen LogP contribution >= 0.6 is 0 Å². The third-order valence-electron chi connectivity index (χ3n) is 6.66. The fraction of sp³-hybridized carbons (Fsp3) is 0.550. The van der Waals surface area contributed by atoms with E-state index in [4.69, 9.17) is 4.74 Å². The zero-order chi connectivity index (χ0) is 17.4. The number of hydrogen-bond donors (Lipinski definition) is 2. The van der Waals surface area contributed by atoms with Gasteiger partial charge in [0.05, 0.1) is 0 Å². The van der Waals surface area contributed by atoms with Crippen LogP contribution in [0.2, 0.25) is 0 Å². The number of rotatable bonds is 5. The highest BCUT2D eigenvalue weighted by molar-refractivity contribution is 5.68. The van der Waals surface area contributed by atoms with Gasteiger partial charge in [0.15, 0.2) is 0 Å². The maximum Gasteiger partial charge on any atom is 0.407 e. The molecular formula is C20H28N2O2. The highest BCUT2D eigenvalue weighted by Gasteiger charge is 2.62. The molecule has 2 bridgehead atoms. The summed E-state index contributed by atoms with van der Waals surface area (Å²) < 4.78 is 5.81.